The summed E-state index contributed by atoms with van der Waals surface area (Å²) in [5.41, 5.74) is 12.3. The first kappa shape index (κ1) is 32.6. The number of hydrogen-bond acceptors (Lipinski definition) is 10. The minimum atomic E-state index is 0.678. The zero-order valence-corrected chi connectivity index (χ0v) is 29.3. The van der Waals surface area contributed by atoms with Gasteiger partial charge in [-0.05, 0) is 72.8 Å². The van der Waals surface area contributed by atoms with Crippen molar-refractivity contribution in [1.82, 2.24) is 49.5 Å². The molecule has 0 aromatic carbocycles. The molecule has 6 aromatic rings. The molecule has 6 aromatic heterocycles. The minimum absolute atomic E-state index is 0.678. The molecule has 260 valence electrons. The molecule has 10 heteroatoms. The van der Waals surface area contributed by atoms with Gasteiger partial charge in [-0.3, -0.25) is 49.5 Å². The Hall–Kier alpha value is -5.26. The molecule has 16 bridgehead atoms. The lowest BCUT2D eigenvalue weighted by molar-refractivity contribution is 0.218. The van der Waals surface area contributed by atoms with Gasteiger partial charge < -0.3 is 0 Å². The summed E-state index contributed by atoms with van der Waals surface area (Å²) in [6.07, 6.45) is 0. The maximum Gasteiger partial charge on any atom is 0.0548 e. The fraction of sp³-hybridized carbons (Fsp3) is 0.286. The number of pyridine rings is 6. The first-order chi connectivity index (χ1) is 25.6. The second-order valence-electron chi connectivity index (χ2n) is 14.3. The molecule has 0 unspecified atom stereocenters. The van der Waals surface area contributed by atoms with Gasteiger partial charge in [-0.25, -0.2) is 0 Å². The molecule has 0 fully saturated rings. The van der Waals surface area contributed by atoms with Gasteiger partial charge in [-0.2, -0.15) is 0 Å². The lowest BCUT2D eigenvalue weighted by Crippen LogP contribution is -2.29. The second-order valence-corrected chi connectivity index (χ2v) is 14.3. The summed E-state index contributed by atoms with van der Waals surface area (Å²) >= 11 is 0. The molecule has 10 nitrogen and oxygen atoms in total. The highest BCUT2D eigenvalue weighted by atomic mass is 15.2. The van der Waals surface area contributed by atoms with E-state index in [1.807, 2.05) is 0 Å². The molecule has 0 spiro atoms. The SMILES string of the molecule is c1cc2nc(c1)CN1Cc3cccc(n3)CN3Cc4cccc(n4)CN(C2)Cc2cccc(n2)CN(Cc2cccc(n2)C1)Cc1cccc(n1)C3. The van der Waals surface area contributed by atoms with Crippen LogP contribution in [-0.2, 0) is 78.5 Å². The first-order valence-electron chi connectivity index (χ1n) is 18.2. The first-order valence-corrected chi connectivity index (χ1v) is 18.2. The van der Waals surface area contributed by atoms with Crippen LogP contribution in [0.4, 0.5) is 0 Å². The molecule has 0 N–H and O–H groups in total. The van der Waals surface area contributed by atoms with Gasteiger partial charge in [-0.15, -0.1) is 0 Å². The van der Waals surface area contributed by atoms with Crippen molar-refractivity contribution in [1.29, 1.82) is 0 Å². The summed E-state index contributed by atoms with van der Waals surface area (Å²) in [5, 5.41) is 0. The molecule has 4 aliphatic rings. The van der Waals surface area contributed by atoms with Gasteiger partial charge >= 0.3 is 0 Å². The normalized spacial score (nSPS) is 21.7. The third-order valence-corrected chi connectivity index (χ3v) is 9.81. The van der Waals surface area contributed by atoms with E-state index in [0.717, 1.165) is 68.3 Å². The van der Waals surface area contributed by atoms with Crippen LogP contribution in [0.5, 0.6) is 0 Å². The maximum absolute atomic E-state index is 5.23. The van der Waals surface area contributed by atoms with Crippen molar-refractivity contribution in [2.75, 3.05) is 0 Å². The average Bonchev–Trinajstić information content (AvgIpc) is 3.11. The van der Waals surface area contributed by atoms with Crippen molar-refractivity contribution in [3.8, 4) is 0 Å². The van der Waals surface area contributed by atoms with Crippen LogP contribution in [0, 0.1) is 0 Å². The Labute approximate surface area is 304 Å². The van der Waals surface area contributed by atoms with Crippen LogP contribution in [0.2, 0.25) is 0 Å². The molecule has 0 aliphatic carbocycles. The highest BCUT2D eigenvalue weighted by molar-refractivity contribution is 5.20. The Bertz CT molecular complexity index is 1660. The average molecular weight is 687 g/mol. The summed E-state index contributed by atoms with van der Waals surface area (Å²) < 4.78 is 0. The molecule has 0 saturated carbocycles. The van der Waals surface area contributed by atoms with Crippen LogP contribution in [0.1, 0.15) is 68.3 Å². The molecule has 4 aliphatic heterocycles. The molecule has 10 heterocycles. The fourth-order valence-corrected chi connectivity index (χ4v) is 7.65. The summed E-state index contributed by atoms with van der Waals surface area (Å²) in [6.45, 7) is 8.14. The standard InChI is InChI=1S/C42H42N10/c1-7-31-19-49-21-33-9-2-13-37(44-33)25-51-26-38-14-4-11-35(46-38)23-50(20-32(8-1)43-31)24-36-12-5-16-40(47-36)28-52(27-39-15-3-10-34(22-49)45-39)30-42-18-6-17-41(29-51)48-42/h1-18H,19-30H2. The van der Waals surface area contributed by atoms with Crippen molar-refractivity contribution < 1.29 is 0 Å². The third kappa shape index (κ3) is 8.11. The minimum Gasteiger partial charge on any atom is -0.286 e. The maximum atomic E-state index is 5.23. The van der Waals surface area contributed by atoms with Crippen molar-refractivity contribution in [3.63, 3.8) is 0 Å². The zero-order valence-electron chi connectivity index (χ0n) is 29.3. The fourth-order valence-electron chi connectivity index (χ4n) is 7.65. The zero-order chi connectivity index (χ0) is 34.7. The van der Waals surface area contributed by atoms with Gasteiger partial charge in [0.05, 0.1) is 68.3 Å². The Morgan fingerprint density at radius 1 is 0.212 bits per heavy atom. The van der Waals surface area contributed by atoms with E-state index in [-0.39, 0.29) is 0 Å². The highest BCUT2D eigenvalue weighted by Crippen LogP contribution is 2.21. The molecule has 10 rings (SSSR count). The van der Waals surface area contributed by atoms with Gasteiger partial charge in [0.15, 0.2) is 0 Å². The molecular formula is C42H42N10. The van der Waals surface area contributed by atoms with E-state index in [9.17, 15) is 0 Å². The van der Waals surface area contributed by atoms with E-state index in [2.05, 4.69) is 129 Å². The largest absolute Gasteiger partial charge is 0.286 e. The molecular weight excluding hydrogens is 645 g/mol. The van der Waals surface area contributed by atoms with E-state index < -0.39 is 0 Å². The molecule has 0 amide bonds. The number of rotatable bonds is 0. The van der Waals surface area contributed by atoms with Crippen LogP contribution in [-0.4, -0.2) is 49.5 Å². The van der Waals surface area contributed by atoms with Crippen LogP contribution in [0.25, 0.3) is 0 Å². The van der Waals surface area contributed by atoms with Crippen molar-refractivity contribution in [2.24, 2.45) is 0 Å². The van der Waals surface area contributed by atoms with Crippen LogP contribution in [0.15, 0.2) is 109 Å². The third-order valence-electron chi connectivity index (χ3n) is 9.81. The molecule has 52 heavy (non-hydrogen) atoms. The van der Waals surface area contributed by atoms with Crippen LogP contribution < -0.4 is 0 Å². The Balaban J connectivity index is 1.24. The van der Waals surface area contributed by atoms with Gasteiger partial charge in [0.1, 0.15) is 0 Å². The van der Waals surface area contributed by atoms with Crippen molar-refractivity contribution in [3.05, 3.63) is 178 Å². The van der Waals surface area contributed by atoms with Crippen LogP contribution >= 0.6 is 0 Å². The van der Waals surface area contributed by atoms with E-state index in [1.165, 1.54) is 0 Å². The highest BCUT2D eigenvalue weighted by Gasteiger charge is 2.20. The summed E-state index contributed by atoms with van der Waals surface area (Å²) in [5.74, 6) is 0. The summed E-state index contributed by atoms with van der Waals surface area (Å²) in [6, 6.07) is 38.5. The van der Waals surface area contributed by atoms with Crippen molar-refractivity contribution >= 4 is 0 Å². The summed E-state index contributed by atoms with van der Waals surface area (Å²) in [7, 11) is 0. The number of nitrogens with zero attached hydrogens (tertiary/aromatic N) is 10. The van der Waals surface area contributed by atoms with Gasteiger partial charge in [-0.1, -0.05) is 36.4 Å². The number of aromatic nitrogens is 6. The van der Waals surface area contributed by atoms with Crippen molar-refractivity contribution in [2.45, 2.75) is 78.5 Å². The summed E-state index contributed by atoms with van der Waals surface area (Å²) in [4.78, 5) is 41.1. The van der Waals surface area contributed by atoms with E-state index in [4.69, 9.17) is 29.9 Å². The van der Waals surface area contributed by atoms with Gasteiger partial charge in [0.25, 0.3) is 0 Å². The van der Waals surface area contributed by atoms with Crippen LogP contribution in [0.3, 0.4) is 0 Å². The Morgan fingerprint density at radius 2 is 0.327 bits per heavy atom. The predicted octanol–water partition coefficient (Wildman–Crippen LogP) is 5.81. The van der Waals surface area contributed by atoms with E-state index >= 15 is 0 Å². The monoisotopic (exact) mass is 686 g/mol. The number of hydrogen-bond donors (Lipinski definition) is 0. The van der Waals surface area contributed by atoms with Gasteiger partial charge in [0.2, 0.25) is 0 Å². The van der Waals surface area contributed by atoms with Gasteiger partial charge in [0, 0.05) is 78.5 Å². The predicted molar refractivity (Wildman–Crippen MR) is 197 cm³/mol. The molecule has 0 radical (unpaired) electrons. The van der Waals surface area contributed by atoms with E-state index in [0.29, 0.717) is 78.5 Å². The molecule has 0 atom stereocenters. The van der Waals surface area contributed by atoms with E-state index in [1.54, 1.807) is 0 Å². The quantitative estimate of drug-likeness (QED) is 0.195. The lowest BCUT2D eigenvalue weighted by Gasteiger charge is -2.27. The Morgan fingerprint density at radius 3 is 0.442 bits per heavy atom. The smallest absolute Gasteiger partial charge is 0.0548 e. The lowest BCUT2D eigenvalue weighted by atomic mass is 10.2. The second kappa shape index (κ2) is 14.8. The Kier molecular flexibility index (Phi) is 9.27. The molecule has 0 saturated heterocycles. The topological polar surface area (TPSA) is 90.3 Å².